The number of aliphatic hydroxyl groups is 1. The molecule has 1 N–H and O–H groups in total. The number of benzene rings is 2. The highest BCUT2D eigenvalue weighted by atomic mass is 16.5. The van der Waals surface area contributed by atoms with E-state index in [1.165, 1.54) is 0 Å². The van der Waals surface area contributed by atoms with Crippen molar-refractivity contribution in [2.45, 2.75) is 38.0 Å². The van der Waals surface area contributed by atoms with E-state index in [1.54, 1.807) is 4.90 Å². The van der Waals surface area contributed by atoms with Gasteiger partial charge in [0.25, 0.3) is 5.91 Å². The molecule has 1 saturated carbocycles. The van der Waals surface area contributed by atoms with Crippen molar-refractivity contribution in [3.05, 3.63) is 41.5 Å². The molecule has 2 aromatic carbocycles. The van der Waals surface area contributed by atoms with E-state index in [0.717, 1.165) is 68.4 Å². The third kappa shape index (κ3) is 3.05. The molecule has 5 rings (SSSR count). The molecule has 2 heterocycles. The molecule has 28 heavy (non-hydrogen) atoms. The van der Waals surface area contributed by atoms with Crippen LogP contribution in [-0.2, 0) is 11.3 Å². The predicted octanol–water partition coefficient (Wildman–Crippen LogP) is 2.38. The van der Waals surface area contributed by atoms with E-state index < -0.39 is 6.10 Å². The summed E-state index contributed by atoms with van der Waals surface area (Å²) in [6.07, 6.45) is 2.08. The lowest BCUT2D eigenvalue weighted by Gasteiger charge is -2.36. The van der Waals surface area contributed by atoms with E-state index in [4.69, 9.17) is 9.47 Å². The lowest BCUT2D eigenvalue weighted by Crippen LogP contribution is -2.48. The second kappa shape index (κ2) is 7.35. The quantitative estimate of drug-likeness (QED) is 0.883. The summed E-state index contributed by atoms with van der Waals surface area (Å²) >= 11 is 0. The van der Waals surface area contributed by atoms with Crippen LogP contribution in [-0.4, -0.2) is 66.0 Å². The minimum absolute atomic E-state index is 0.0267. The molecule has 2 fully saturated rings. The van der Waals surface area contributed by atoms with Gasteiger partial charge in [0, 0.05) is 25.0 Å². The van der Waals surface area contributed by atoms with Crippen molar-refractivity contribution in [1.29, 1.82) is 0 Å². The Balaban J connectivity index is 1.54. The molecule has 2 aromatic rings. The monoisotopic (exact) mass is 382 g/mol. The molecule has 1 saturated heterocycles. The van der Waals surface area contributed by atoms with Gasteiger partial charge < -0.3 is 14.6 Å². The van der Waals surface area contributed by atoms with Crippen LogP contribution >= 0.6 is 0 Å². The van der Waals surface area contributed by atoms with Gasteiger partial charge >= 0.3 is 0 Å². The first-order chi connectivity index (χ1) is 13.7. The van der Waals surface area contributed by atoms with Crippen LogP contribution in [0.3, 0.4) is 0 Å². The summed E-state index contributed by atoms with van der Waals surface area (Å²) in [6, 6.07) is 10.0. The molecule has 148 valence electrons. The molecule has 0 bridgehead atoms. The van der Waals surface area contributed by atoms with Gasteiger partial charge in [-0.1, -0.05) is 24.3 Å². The number of carbonyl (C=O) groups excluding carboxylic acids is 1. The summed E-state index contributed by atoms with van der Waals surface area (Å²) in [5.41, 5.74) is 1.76. The Bertz CT molecular complexity index is 893. The smallest absolute Gasteiger partial charge is 0.260 e. The fraction of sp³-hybridized carbons (Fsp3) is 0.500. The van der Waals surface area contributed by atoms with Crippen LogP contribution in [0.4, 0.5) is 0 Å². The number of hydrogen-bond donors (Lipinski definition) is 1. The molecule has 6 nitrogen and oxygen atoms in total. The molecule has 6 heteroatoms. The molecular formula is C22H26N2O4. The van der Waals surface area contributed by atoms with Gasteiger partial charge in [-0.2, -0.15) is 0 Å². The Kier molecular flexibility index (Phi) is 4.70. The summed E-state index contributed by atoms with van der Waals surface area (Å²) in [4.78, 5) is 17.4. The number of morpholine rings is 1. The topological polar surface area (TPSA) is 62.2 Å². The van der Waals surface area contributed by atoms with Crippen molar-refractivity contribution >= 4 is 16.7 Å². The zero-order valence-corrected chi connectivity index (χ0v) is 16.0. The summed E-state index contributed by atoms with van der Waals surface area (Å²) in [7, 11) is 0. The molecule has 2 aliphatic heterocycles. The molecule has 1 amide bonds. The molecular weight excluding hydrogens is 356 g/mol. The highest BCUT2D eigenvalue weighted by Gasteiger charge is 2.38. The number of nitrogens with zero attached hydrogens (tertiary/aromatic N) is 2. The number of ether oxygens (including phenoxy) is 2. The maximum atomic E-state index is 13.3. The van der Waals surface area contributed by atoms with E-state index in [0.29, 0.717) is 11.3 Å². The second-order valence-corrected chi connectivity index (χ2v) is 7.96. The zero-order chi connectivity index (χ0) is 19.1. The first-order valence-corrected chi connectivity index (χ1v) is 10.2. The SMILES string of the molecule is O=C1c2cc(CN3CCOCC3)c3ccccc3c2OCN1C1CCCC1O. The molecule has 2 unspecified atom stereocenters. The summed E-state index contributed by atoms with van der Waals surface area (Å²) in [5.74, 6) is 0.649. The van der Waals surface area contributed by atoms with Gasteiger partial charge in [0.15, 0.2) is 6.73 Å². The van der Waals surface area contributed by atoms with Crippen LogP contribution in [0.15, 0.2) is 30.3 Å². The van der Waals surface area contributed by atoms with Crippen LogP contribution in [0.25, 0.3) is 10.8 Å². The van der Waals surface area contributed by atoms with Crippen molar-refractivity contribution in [3.8, 4) is 5.75 Å². The normalized spacial score (nSPS) is 25.8. The van der Waals surface area contributed by atoms with Crippen LogP contribution in [0.2, 0.25) is 0 Å². The molecule has 1 aliphatic carbocycles. The maximum absolute atomic E-state index is 13.3. The lowest BCUT2D eigenvalue weighted by molar-refractivity contribution is 0.0131. The molecule has 0 spiro atoms. The maximum Gasteiger partial charge on any atom is 0.260 e. The van der Waals surface area contributed by atoms with Crippen molar-refractivity contribution in [2.24, 2.45) is 0 Å². The van der Waals surface area contributed by atoms with E-state index >= 15 is 0 Å². The van der Waals surface area contributed by atoms with Gasteiger partial charge in [0.2, 0.25) is 0 Å². The fourth-order valence-corrected chi connectivity index (χ4v) is 4.75. The van der Waals surface area contributed by atoms with Gasteiger partial charge in [0.1, 0.15) is 5.75 Å². The van der Waals surface area contributed by atoms with Crippen molar-refractivity contribution in [2.75, 3.05) is 33.0 Å². The average Bonchev–Trinajstić information content (AvgIpc) is 3.15. The van der Waals surface area contributed by atoms with Gasteiger partial charge in [-0.05, 0) is 36.3 Å². The van der Waals surface area contributed by atoms with Crippen LogP contribution < -0.4 is 4.74 Å². The molecule has 3 aliphatic rings. The lowest BCUT2D eigenvalue weighted by atomic mass is 9.97. The van der Waals surface area contributed by atoms with E-state index in [2.05, 4.69) is 11.0 Å². The Morgan fingerprint density at radius 3 is 2.64 bits per heavy atom. The molecule has 0 aromatic heterocycles. The minimum atomic E-state index is -0.456. The van der Waals surface area contributed by atoms with Crippen molar-refractivity contribution < 1.29 is 19.4 Å². The van der Waals surface area contributed by atoms with E-state index in [1.807, 2.05) is 24.3 Å². The Morgan fingerprint density at radius 1 is 1.11 bits per heavy atom. The first kappa shape index (κ1) is 17.9. The first-order valence-electron chi connectivity index (χ1n) is 10.2. The van der Waals surface area contributed by atoms with Gasteiger partial charge in [-0.3, -0.25) is 14.6 Å². The minimum Gasteiger partial charge on any atom is -0.472 e. The second-order valence-electron chi connectivity index (χ2n) is 7.96. The molecule has 2 atom stereocenters. The Morgan fingerprint density at radius 2 is 1.89 bits per heavy atom. The van der Waals surface area contributed by atoms with E-state index in [-0.39, 0.29) is 18.7 Å². The Hall–Kier alpha value is -2.15. The van der Waals surface area contributed by atoms with Crippen molar-refractivity contribution in [3.63, 3.8) is 0 Å². The number of carbonyl (C=O) groups is 1. The highest BCUT2D eigenvalue weighted by molar-refractivity contribution is 6.06. The Labute approximate surface area is 164 Å². The van der Waals surface area contributed by atoms with Crippen molar-refractivity contribution in [1.82, 2.24) is 9.80 Å². The summed E-state index contributed by atoms with van der Waals surface area (Å²) in [6.45, 7) is 4.29. The number of rotatable bonds is 3. The molecule has 0 radical (unpaired) electrons. The van der Waals surface area contributed by atoms with E-state index in [9.17, 15) is 9.90 Å². The third-order valence-corrected chi connectivity index (χ3v) is 6.26. The zero-order valence-electron chi connectivity index (χ0n) is 16.0. The number of hydrogen-bond acceptors (Lipinski definition) is 5. The summed E-state index contributed by atoms with van der Waals surface area (Å²) < 4.78 is 11.6. The number of amides is 1. The average molecular weight is 382 g/mol. The largest absolute Gasteiger partial charge is 0.472 e. The van der Waals surface area contributed by atoms with Gasteiger partial charge in [0.05, 0.1) is 30.9 Å². The number of fused-ring (bicyclic) bond motifs is 3. The van der Waals surface area contributed by atoms with Crippen LogP contribution in [0, 0.1) is 0 Å². The fourth-order valence-electron chi connectivity index (χ4n) is 4.75. The third-order valence-electron chi connectivity index (χ3n) is 6.26. The summed E-state index contributed by atoms with van der Waals surface area (Å²) in [5, 5.41) is 12.4. The van der Waals surface area contributed by atoms with Crippen LogP contribution in [0.5, 0.6) is 5.75 Å². The standard InChI is InChI=1S/C22H26N2O4/c25-20-7-3-6-19(20)24-14-28-21-17-5-2-1-4-16(17)15(12-18(21)22(24)26)13-23-8-10-27-11-9-23/h1-2,4-5,12,19-20,25H,3,6-11,13-14H2. The van der Waals surface area contributed by atoms with Gasteiger partial charge in [-0.15, -0.1) is 0 Å². The highest BCUT2D eigenvalue weighted by Crippen LogP contribution is 2.38. The predicted molar refractivity (Wildman–Crippen MR) is 105 cm³/mol. The van der Waals surface area contributed by atoms with Crippen LogP contribution in [0.1, 0.15) is 35.2 Å². The van der Waals surface area contributed by atoms with Gasteiger partial charge in [-0.25, -0.2) is 0 Å². The number of aliphatic hydroxyl groups excluding tert-OH is 1.